The van der Waals surface area contributed by atoms with Gasteiger partial charge in [-0.3, -0.25) is 9.36 Å². The summed E-state index contributed by atoms with van der Waals surface area (Å²) in [6, 6.07) is 15.7. The highest BCUT2D eigenvalue weighted by atomic mass is 35.5. The maximum Gasteiger partial charge on any atom is 0.273 e. The molecule has 1 aliphatic rings. The summed E-state index contributed by atoms with van der Waals surface area (Å²) in [4.78, 5) is 19.1. The Labute approximate surface area is 210 Å². The molecule has 1 amide bonds. The third-order valence-electron chi connectivity index (χ3n) is 5.50. The molecule has 0 unspecified atom stereocenters. The van der Waals surface area contributed by atoms with E-state index < -0.39 is 0 Å². The monoisotopic (exact) mass is 511 g/mol. The Balaban J connectivity index is 1.42. The fourth-order valence-electron chi connectivity index (χ4n) is 3.74. The number of rotatable bonds is 6. The van der Waals surface area contributed by atoms with E-state index in [0.29, 0.717) is 48.6 Å². The molecule has 10 heteroatoms. The molecule has 3 heterocycles. The number of para-hydroxylation sites is 1. The predicted molar refractivity (Wildman–Crippen MR) is 135 cm³/mol. The van der Waals surface area contributed by atoms with Gasteiger partial charge in [0.25, 0.3) is 5.91 Å². The summed E-state index contributed by atoms with van der Waals surface area (Å²) < 4.78 is 7.37. The number of ether oxygens (including phenoxy) is 1. The Hall–Kier alpha value is -2.72. The third kappa shape index (κ3) is 4.74. The molecular weight excluding hydrogens is 490 g/mol. The summed E-state index contributed by atoms with van der Waals surface area (Å²) in [6.07, 6.45) is 0. The molecule has 2 aromatic heterocycles. The maximum atomic E-state index is 12.7. The topological polar surface area (TPSA) is 73.1 Å². The van der Waals surface area contributed by atoms with Crippen LogP contribution in [0.1, 0.15) is 21.1 Å². The lowest BCUT2D eigenvalue weighted by atomic mass is 10.1. The number of thiazole rings is 1. The van der Waals surface area contributed by atoms with Crippen LogP contribution in [0, 0.1) is 6.92 Å². The van der Waals surface area contributed by atoms with Crippen LogP contribution in [0.15, 0.2) is 59.1 Å². The van der Waals surface area contributed by atoms with Gasteiger partial charge in [0.2, 0.25) is 0 Å². The average Bonchev–Trinajstić information content (AvgIpc) is 3.51. The quantitative estimate of drug-likeness (QED) is 0.335. The zero-order valence-electron chi connectivity index (χ0n) is 18.5. The molecule has 1 saturated heterocycles. The van der Waals surface area contributed by atoms with Crippen molar-refractivity contribution in [1.82, 2.24) is 24.6 Å². The number of morpholine rings is 1. The Morgan fingerprint density at radius 3 is 2.68 bits per heavy atom. The van der Waals surface area contributed by atoms with E-state index in [1.54, 1.807) is 4.90 Å². The number of aromatic nitrogens is 4. The standard InChI is InChI=1S/C24H22ClN5O2S2/c1-16-6-2-5-9-20(16)30-22(17-7-3-4-8-18(17)25)27-28-24(30)34-15-21-26-19(14-33-21)23(31)29-10-12-32-13-11-29/h2-9,14H,10-13,15H2,1H3. The van der Waals surface area contributed by atoms with Gasteiger partial charge in [0.15, 0.2) is 11.0 Å². The van der Waals surface area contributed by atoms with Crippen molar-refractivity contribution in [3.05, 3.63) is 75.2 Å². The molecule has 0 saturated carbocycles. The molecule has 5 rings (SSSR count). The van der Waals surface area contributed by atoms with Gasteiger partial charge in [-0.2, -0.15) is 0 Å². The van der Waals surface area contributed by atoms with Crippen LogP contribution in [0.3, 0.4) is 0 Å². The molecular formula is C24H22ClN5O2S2. The van der Waals surface area contributed by atoms with Crippen molar-refractivity contribution in [3.63, 3.8) is 0 Å². The van der Waals surface area contributed by atoms with E-state index in [4.69, 9.17) is 16.3 Å². The number of carbonyl (C=O) groups excluding carboxylic acids is 1. The number of benzene rings is 2. The van der Waals surface area contributed by atoms with Crippen molar-refractivity contribution in [3.8, 4) is 17.1 Å². The molecule has 0 N–H and O–H groups in total. The SMILES string of the molecule is Cc1ccccc1-n1c(SCc2nc(C(=O)N3CCOCC3)cs2)nnc1-c1ccccc1Cl. The highest BCUT2D eigenvalue weighted by molar-refractivity contribution is 7.98. The van der Waals surface area contributed by atoms with E-state index in [9.17, 15) is 4.79 Å². The molecule has 0 spiro atoms. The first-order valence-corrected chi connectivity index (χ1v) is 13.1. The van der Waals surface area contributed by atoms with Gasteiger partial charge in [0.1, 0.15) is 10.7 Å². The molecule has 4 aromatic rings. The van der Waals surface area contributed by atoms with E-state index in [1.807, 2.05) is 52.4 Å². The van der Waals surface area contributed by atoms with Gasteiger partial charge >= 0.3 is 0 Å². The molecule has 0 atom stereocenters. The molecule has 7 nitrogen and oxygen atoms in total. The number of hydrogen-bond acceptors (Lipinski definition) is 7. The van der Waals surface area contributed by atoms with E-state index in [0.717, 1.165) is 27.0 Å². The second-order valence-electron chi connectivity index (χ2n) is 7.73. The molecule has 0 radical (unpaired) electrons. The molecule has 1 fully saturated rings. The molecule has 2 aromatic carbocycles. The lowest BCUT2D eigenvalue weighted by Crippen LogP contribution is -2.40. The minimum atomic E-state index is -0.0418. The normalized spacial score (nSPS) is 13.9. The van der Waals surface area contributed by atoms with Crippen LogP contribution in [0.25, 0.3) is 17.1 Å². The molecule has 0 bridgehead atoms. The summed E-state index contributed by atoms with van der Waals surface area (Å²) in [5, 5.41) is 13.0. The smallest absolute Gasteiger partial charge is 0.273 e. The van der Waals surface area contributed by atoms with E-state index in [1.165, 1.54) is 23.1 Å². The van der Waals surface area contributed by atoms with Gasteiger partial charge in [-0.25, -0.2) is 4.98 Å². The second kappa shape index (κ2) is 10.3. The lowest BCUT2D eigenvalue weighted by Gasteiger charge is -2.25. The number of amides is 1. The van der Waals surface area contributed by atoms with Gasteiger partial charge in [-0.05, 0) is 30.7 Å². The van der Waals surface area contributed by atoms with Crippen molar-refractivity contribution >= 4 is 40.6 Å². The molecule has 1 aliphatic heterocycles. The number of halogens is 1. The summed E-state index contributed by atoms with van der Waals surface area (Å²) in [6.45, 7) is 4.40. The minimum Gasteiger partial charge on any atom is -0.378 e. The van der Waals surface area contributed by atoms with Crippen LogP contribution in [-0.4, -0.2) is 56.9 Å². The fourth-order valence-corrected chi connectivity index (χ4v) is 5.69. The Morgan fingerprint density at radius 2 is 1.88 bits per heavy atom. The van der Waals surface area contributed by atoms with Gasteiger partial charge in [-0.15, -0.1) is 21.5 Å². The van der Waals surface area contributed by atoms with Gasteiger partial charge in [0.05, 0.1) is 29.7 Å². The zero-order valence-corrected chi connectivity index (χ0v) is 20.9. The van der Waals surface area contributed by atoms with Crippen molar-refractivity contribution in [2.45, 2.75) is 17.8 Å². The van der Waals surface area contributed by atoms with Crippen LogP contribution in [0.5, 0.6) is 0 Å². The molecule has 0 aliphatic carbocycles. The first-order valence-electron chi connectivity index (χ1n) is 10.8. The summed E-state index contributed by atoms with van der Waals surface area (Å²) in [5.41, 5.74) is 3.40. The van der Waals surface area contributed by atoms with Crippen LogP contribution < -0.4 is 0 Å². The first-order chi connectivity index (χ1) is 16.6. The van der Waals surface area contributed by atoms with E-state index in [-0.39, 0.29) is 5.91 Å². The van der Waals surface area contributed by atoms with Crippen LogP contribution in [-0.2, 0) is 10.5 Å². The third-order valence-corrected chi connectivity index (χ3v) is 7.80. The fraction of sp³-hybridized carbons (Fsp3) is 0.250. The number of carbonyl (C=O) groups is 1. The van der Waals surface area contributed by atoms with Crippen LogP contribution >= 0.6 is 34.7 Å². The maximum absolute atomic E-state index is 12.7. The summed E-state index contributed by atoms with van der Waals surface area (Å²) >= 11 is 9.51. The van der Waals surface area contributed by atoms with E-state index in [2.05, 4.69) is 28.2 Å². The van der Waals surface area contributed by atoms with Crippen LogP contribution in [0.2, 0.25) is 5.02 Å². The largest absolute Gasteiger partial charge is 0.378 e. The summed E-state index contributed by atoms with van der Waals surface area (Å²) in [5.74, 6) is 1.22. The van der Waals surface area contributed by atoms with Crippen molar-refractivity contribution in [1.29, 1.82) is 0 Å². The Morgan fingerprint density at radius 1 is 1.12 bits per heavy atom. The van der Waals surface area contributed by atoms with Gasteiger partial charge < -0.3 is 9.64 Å². The van der Waals surface area contributed by atoms with Gasteiger partial charge in [0, 0.05) is 24.0 Å². The zero-order chi connectivity index (χ0) is 23.5. The molecule has 34 heavy (non-hydrogen) atoms. The minimum absolute atomic E-state index is 0.0418. The Bertz CT molecular complexity index is 1320. The Kier molecular flexibility index (Phi) is 6.96. The number of aryl methyl sites for hydroxylation is 1. The van der Waals surface area contributed by atoms with Crippen molar-refractivity contribution < 1.29 is 9.53 Å². The first kappa shape index (κ1) is 23.0. The summed E-state index contributed by atoms with van der Waals surface area (Å²) in [7, 11) is 0. The van der Waals surface area contributed by atoms with Gasteiger partial charge in [-0.1, -0.05) is 53.7 Å². The van der Waals surface area contributed by atoms with Crippen LogP contribution in [0.4, 0.5) is 0 Å². The highest BCUT2D eigenvalue weighted by Crippen LogP contribution is 2.34. The van der Waals surface area contributed by atoms with Crippen molar-refractivity contribution in [2.75, 3.05) is 26.3 Å². The number of thioether (sulfide) groups is 1. The lowest BCUT2D eigenvalue weighted by molar-refractivity contribution is 0.0299. The number of hydrogen-bond donors (Lipinski definition) is 0. The average molecular weight is 512 g/mol. The highest BCUT2D eigenvalue weighted by Gasteiger charge is 2.22. The predicted octanol–water partition coefficient (Wildman–Crippen LogP) is 5.12. The number of nitrogens with zero attached hydrogens (tertiary/aromatic N) is 5. The van der Waals surface area contributed by atoms with Crippen molar-refractivity contribution in [2.24, 2.45) is 0 Å². The second-order valence-corrected chi connectivity index (χ2v) is 10.0. The molecule has 174 valence electrons. The van der Waals surface area contributed by atoms with E-state index >= 15 is 0 Å².